The number of ether oxygens (including phenoxy) is 3. The van der Waals surface area contributed by atoms with Crippen LogP contribution in [0.3, 0.4) is 0 Å². The van der Waals surface area contributed by atoms with Crippen LogP contribution in [0.2, 0.25) is 38.3 Å². The van der Waals surface area contributed by atoms with Crippen LogP contribution in [0, 0.1) is 5.92 Å². The van der Waals surface area contributed by atoms with Gasteiger partial charge in [-0.15, -0.1) is 0 Å². The predicted molar refractivity (Wildman–Crippen MR) is 108 cm³/mol. The number of aliphatic hydroxyl groups is 1. The van der Waals surface area contributed by atoms with Gasteiger partial charge in [0.2, 0.25) is 6.41 Å². The molecule has 4 unspecified atom stereocenters. The van der Waals surface area contributed by atoms with Crippen molar-refractivity contribution in [2.24, 2.45) is 5.92 Å². The van der Waals surface area contributed by atoms with Crippen molar-refractivity contribution < 1.29 is 24.1 Å². The minimum Gasteiger partial charge on any atom is -0.465 e. The molecular formula is C18H36N2O5Si2. The molecule has 156 valence electrons. The predicted octanol–water partition coefficient (Wildman–Crippen LogP) is 1.41. The molecule has 27 heavy (non-hydrogen) atoms. The molecule has 0 aromatic carbocycles. The standard InChI is InChI=1S/C18H36N2O5Si2/c1-6-14-11-17(14,20-16(22)24-7-9-26-2)18(13-25-18)19-12-15(21)23-8-10-27(3,4)5/h14,16,19-20,22H,6-13H2,1-5H3. The number of hydrogen-bond donors (Lipinski definition) is 3. The van der Waals surface area contributed by atoms with Crippen LogP contribution in [0.5, 0.6) is 0 Å². The van der Waals surface area contributed by atoms with E-state index in [2.05, 4.69) is 43.7 Å². The van der Waals surface area contributed by atoms with Gasteiger partial charge in [-0.25, -0.2) is 0 Å². The molecule has 7 nitrogen and oxygen atoms in total. The number of carbonyl (C=O) groups is 1. The van der Waals surface area contributed by atoms with Crippen molar-refractivity contribution in [2.45, 2.75) is 75.7 Å². The highest BCUT2D eigenvalue weighted by atomic mass is 28.3. The number of hydrogen-bond acceptors (Lipinski definition) is 7. The average Bonchev–Trinajstić information content (AvgIpc) is 3.47. The highest BCUT2D eigenvalue weighted by Gasteiger charge is 2.73. The van der Waals surface area contributed by atoms with Crippen LogP contribution >= 0.6 is 0 Å². The molecule has 2 radical (unpaired) electrons. The lowest BCUT2D eigenvalue weighted by molar-refractivity contribution is -0.143. The number of aliphatic hydroxyl groups excluding tert-OH is 1. The SMILES string of the molecule is CCC1CC1(NC(O)OCC[Si]C)C1(NCC(=O)OCC[Si](C)(C)C)CO1. The zero-order valence-electron chi connectivity index (χ0n) is 17.4. The Morgan fingerprint density at radius 3 is 2.63 bits per heavy atom. The highest BCUT2D eigenvalue weighted by Crippen LogP contribution is 2.58. The Balaban J connectivity index is 1.83. The van der Waals surface area contributed by atoms with Crippen molar-refractivity contribution in [3.8, 4) is 0 Å². The highest BCUT2D eigenvalue weighted by molar-refractivity contribution is 6.76. The van der Waals surface area contributed by atoms with Crippen molar-refractivity contribution >= 4 is 23.6 Å². The molecule has 0 aromatic rings. The van der Waals surface area contributed by atoms with Gasteiger partial charge in [-0.1, -0.05) is 39.5 Å². The number of esters is 1. The monoisotopic (exact) mass is 416 g/mol. The molecule has 1 saturated carbocycles. The molecule has 1 saturated heterocycles. The minimum absolute atomic E-state index is 0.111. The van der Waals surface area contributed by atoms with E-state index in [1.54, 1.807) is 0 Å². The van der Waals surface area contributed by atoms with E-state index in [-0.39, 0.29) is 12.5 Å². The van der Waals surface area contributed by atoms with Crippen molar-refractivity contribution in [2.75, 3.05) is 26.4 Å². The molecule has 2 rings (SSSR count). The minimum atomic E-state index is -1.21. The van der Waals surface area contributed by atoms with Gasteiger partial charge >= 0.3 is 5.97 Å². The van der Waals surface area contributed by atoms with Crippen molar-refractivity contribution in [3.05, 3.63) is 0 Å². The topological polar surface area (TPSA) is 92.4 Å². The van der Waals surface area contributed by atoms with Crippen molar-refractivity contribution in [1.82, 2.24) is 10.6 Å². The molecule has 1 heterocycles. The first kappa shape index (κ1) is 23.0. The third-order valence-corrected chi connectivity index (χ3v) is 7.80. The summed E-state index contributed by atoms with van der Waals surface area (Å²) < 4.78 is 16.6. The molecule has 9 heteroatoms. The van der Waals surface area contributed by atoms with Gasteiger partial charge in [-0.2, -0.15) is 0 Å². The first-order valence-corrected chi connectivity index (χ1v) is 15.4. The van der Waals surface area contributed by atoms with E-state index in [4.69, 9.17) is 14.2 Å². The third kappa shape index (κ3) is 6.35. The van der Waals surface area contributed by atoms with Crippen LogP contribution in [-0.2, 0) is 19.0 Å². The quantitative estimate of drug-likeness (QED) is 0.130. The summed E-state index contributed by atoms with van der Waals surface area (Å²) in [5.41, 5.74) is -1.02. The van der Waals surface area contributed by atoms with Crippen molar-refractivity contribution in [3.63, 3.8) is 0 Å². The Morgan fingerprint density at radius 2 is 2.11 bits per heavy atom. The summed E-state index contributed by atoms with van der Waals surface area (Å²) in [7, 11) is -0.411. The summed E-state index contributed by atoms with van der Waals surface area (Å²) >= 11 is 0. The zero-order chi connectivity index (χ0) is 20.1. The van der Waals surface area contributed by atoms with E-state index in [0.29, 0.717) is 25.7 Å². The fourth-order valence-corrected chi connectivity index (χ4v) is 4.51. The Labute approximate surface area is 166 Å². The van der Waals surface area contributed by atoms with E-state index >= 15 is 0 Å². The Bertz CT molecular complexity index is 499. The van der Waals surface area contributed by atoms with Crippen LogP contribution < -0.4 is 10.6 Å². The molecule has 0 aromatic heterocycles. The van der Waals surface area contributed by atoms with Crippen LogP contribution in [0.15, 0.2) is 0 Å². The maximum absolute atomic E-state index is 12.1. The van der Waals surface area contributed by atoms with E-state index in [0.717, 1.165) is 34.4 Å². The van der Waals surface area contributed by atoms with Crippen molar-refractivity contribution in [1.29, 1.82) is 0 Å². The molecule has 0 amide bonds. The number of rotatable bonds is 14. The molecular weight excluding hydrogens is 380 g/mol. The summed E-state index contributed by atoms with van der Waals surface area (Å²) in [4.78, 5) is 12.1. The van der Waals surface area contributed by atoms with Gasteiger partial charge in [0.1, 0.15) is 0 Å². The van der Waals surface area contributed by atoms with E-state index in [1.807, 2.05) is 0 Å². The molecule has 1 aliphatic heterocycles. The second kappa shape index (κ2) is 9.47. The number of nitrogens with one attached hydrogen (secondary N) is 2. The molecule has 0 bridgehead atoms. The number of epoxide rings is 1. The summed E-state index contributed by atoms with van der Waals surface area (Å²) in [6.45, 7) is 12.6. The van der Waals surface area contributed by atoms with Gasteiger partial charge in [0.15, 0.2) is 5.72 Å². The smallest absolute Gasteiger partial charge is 0.319 e. The maximum atomic E-state index is 12.1. The van der Waals surface area contributed by atoms with Gasteiger partial charge < -0.3 is 19.3 Å². The molecule has 2 fully saturated rings. The molecule has 1 aliphatic carbocycles. The van der Waals surface area contributed by atoms with Crippen LogP contribution in [0.25, 0.3) is 0 Å². The Hall–Kier alpha value is -0.296. The van der Waals surface area contributed by atoms with Crippen LogP contribution in [0.4, 0.5) is 0 Å². The number of carbonyl (C=O) groups excluding carboxylic acids is 1. The Kier molecular flexibility index (Phi) is 8.06. The summed E-state index contributed by atoms with van der Waals surface area (Å²) in [5, 5.41) is 16.7. The first-order valence-electron chi connectivity index (χ1n) is 9.94. The molecule has 3 N–H and O–H groups in total. The molecule has 4 atom stereocenters. The fourth-order valence-electron chi connectivity index (χ4n) is 3.47. The van der Waals surface area contributed by atoms with Gasteiger partial charge in [-0.05, 0) is 24.4 Å². The van der Waals surface area contributed by atoms with E-state index in [9.17, 15) is 9.90 Å². The summed E-state index contributed by atoms with van der Waals surface area (Å²) in [6.07, 6.45) is 0.838. The average molecular weight is 417 g/mol. The van der Waals surface area contributed by atoms with Gasteiger partial charge in [0.05, 0.1) is 25.3 Å². The third-order valence-electron chi connectivity index (χ3n) is 5.39. The lowest BCUT2D eigenvalue weighted by Crippen LogP contribution is -2.59. The summed E-state index contributed by atoms with van der Waals surface area (Å²) in [5.74, 6) is 0.120. The lowest BCUT2D eigenvalue weighted by atomic mass is 10.0. The Morgan fingerprint density at radius 1 is 1.41 bits per heavy atom. The van der Waals surface area contributed by atoms with E-state index in [1.165, 1.54) is 0 Å². The largest absolute Gasteiger partial charge is 0.465 e. The fraction of sp³-hybridized carbons (Fsp3) is 0.944. The van der Waals surface area contributed by atoms with Gasteiger partial charge in [0, 0.05) is 24.2 Å². The lowest BCUT2D eigenvalue weighted by Gasteiger charge is -2.30. The molecule has 2 aliphatic rings. The second-order valence-corrected chi connectivity index (χ2v) is 15.6. The zero-order valence-corrected chi connectivity index (χ0v) is 19.4. The van der Waals surface area contributed by atoms with Crippen LogP contribution in [-0.4, -0.2) is 72.7 Å². The van der Waals surface area contributed by atoms with E-state index < -0.39 is 25.8 Å². The van der Waals surface area contributed by atoms with Gasteiger partial charge in [-0.3, -0.25) is 15.4 Å². The molecule has 0 spiro atoms. The first-order chi connectivity index (χ1) is 12.7. The summed E-state index contributed by atoms with van der Waals surface area (Å²) in [6, 6.07) is 1.90. The van der Waals surface area contributed by atoms with Gasteiger partial charge in [0.25, 0.3) is 0 Å². The van der Waals surface area contributed by atoms with Crippen LogP contribution in [0.1, 0.15) is 19.8 Å². The normalized spacial score (nSPS) is 30.8. The second-order valence-electron chi connectivity index (χ2n) is 8.75. The maximum Gasteiger partial charge on any atom is 0.319 e.